The van der Waals surface area contributed by atoms with Gasteiger partial charge in [-0.15, -0.1) is 0 Å². The number of hydrogen-bond donors (Lipinski definition) is 2. The van der Waals surface area contributed by atoms with Crippen molar-refractivity contribution in [2.24, 2.45) is 5.92 Å². The van der Waals surface area contributed by atoms with E-state index in [0.717, 1.165) is 6.07 Å². The van der Waals surface area contributed by atoms with Crippen LogP contribution in [-0.4, -0.2) is 12.1 Å². The number of rotatable bonds is 3. The molecule has 1 rings (SSSR count). The number of nitrogens with one attached hydrogen (secondary N) is 2. The lowest BCUT2D eigenvalue weighted by Gasteiger charge is -2.18. The molecule has 1 aromatic carbocycles. The van der Waals surface area contributed by atoms with E-state index in [4.69, 9.17) is 11.6 Å². The number of carbonyl (C=O) groups excluding carboxylic acids is 1. The van der Waals surface area contributed by atoms with Gasteiger partial charge in [-0.1, -0.05) is 25.4 Å². The third kappa shape index (κ3) is 4.23. The van der Waals surface area contributed by atoms with Crippen molar-refractivity contribution in [1.29, 1.82) is 0 Å². The Morgan fingerprint density at radius 1 is 1.35 bits per heavy atom. The van der Waals surface area contributed by atoms with E-state index in [0.29, 0.717) is 10.9 Å². The molecule has 0 saturated carbocycles. The van der Waals surface area contributed by atoms with Crippen LogP contribution in [-0.2, 0) is 0 Å². The number of anilines is 1. The maximum absolute atomic E-state index is 13.4. The van der Waals surface area contributed by atoms with Crippen LogP contribution in [0.3, 0.4) is 0 Å². The number of amides is 2. The molecule has 0 aliphatic heterocycles. The van der Waals surface area contributed by atoms with E-state index in [1.165, 1.54) is 12.1 Å². The minimum atomic E-state index is -0.551. The van der Waals surface area contributed by atoms with E-state index < -0.39 is 11.8 Å². The van der Waals surface area contributed by atoms with Crippen LogP contribution < -0.4 is 10.6 Å². The molecule has 0 heterocycles. The Labute approximate surface area is 105 Å². The van der Waals surface area contributed by atoms with Gasteiger partial charge >= 0.3 is 6.03 Å². The van der Waals surface area contributed by atoms with Crippen LogP contribution in [0.1, 0.15) is 20.8 Å². The van der Waals surface area contributed by atoms with Gasteiger partial charge < -0.3 is 10.6 Å². The third-order valence-corrected chi connectivity index (χ3v) is 2.77. The summed E-state index contributed by atoms with van der Waals surface area (Å²) in [5.41, 5.74) is 0.114. The predicted molar refractivity (Wildman–Crippen MR) is 67.9 cm³/mol. The molecular formula is C12H16ClFN2O. The lowest BCUT2D eigenvalue weighted by atomic mass is 10.1. The monoisotopic (exact) mass is 258 g/mol. The van der Waals surface area contributed by atoms with Gasteiger partial charge in [0.2, 0.25) is 0 Å². The summed E-state index contributed by atoms with van der Waals surface area (Å²) in [7, 11) is 0. The summed E-state index contributed by atoms with van der Waals surface area (Å²) in [6.45, 7) is 5.88. The zero-order valence-electron chi connectivity index (χ0n) is 10.1. The second-order valence-electron chi connectivity index (χ2n) is 4.26. The summed E-state index contributed by atoms with van der Waals surface area (Å²) in [6, 6.07) is 3.70. The summed E-state index contributed by atoms with van der Waals surface area (Å²) >= 11 is 5.61. The standard InChI is InChI=1S/C12H16ClFN2O/c1-7(2)8(3)15-12(17)16-11-5-4-9(13)6-10(11)14/h4-8H,1-3H3,(H2,15,16,17). The SMILES string of the molecule is CC(C)C(C)NC(=O)Nc1ccc(Cl)cc1F. The van der Waals surface area contributed by atoms with Crippen LogP contribution in [0.25, 0.3) is 0 Å². The smallest absolute Gasteiger partial charge is 0.319 e. The van der Waals surface area contributed by atoms with Gasteiger partial charge in [0.05, 0.1) is 5.69 Å². The number of carbonyl (C=O) groups is 1. The first-order valence-electron chi connectivity index (χ1n) is 5.42. The first-order valence-corrected chi connectivity index (χ1v) is 5.80. The third-order valence-electron chi connectivity index (χ3n) is 2.54. The van der Waals surface area contributed by atoms with Gasteiger partial charge in [0, 0.05) is 11.1 Å². The molecule has 3 nitrogen and oxygen atoms in total. The Morgan fingerprint density at radius 2 is 2.00 bits per heavy atom. The molecule has 1 unspecified atom stereocenters. The number of halogens is 2. The van der Waals surface area contributed by atoms with Crippen molar-refractivity contribution in [3.63, 3.8) is 0 Å². The fourth-order valence-electron chi connectivity index (χ4n) is 1.12. The van der Waals surface area contributed by atoms with Gasteiger partial charge in [-0.25, -0.2) is 9.18 Å². The van der Waals surface area contributed by atoms with Crippen LogP contribution in [0, 0.1) is 11.7 Å². The van der Waals surface area contributed by atoms with Crippen LogP contribution in [0.5, 0.6) is 0 Å². The molecule has 17 heavy (non-hydrogen) atoms. The van der Waals surface area contributed by atoms with Gasteiger partial charge in [-0.2, -0.15) is 0 Å². The lowest BCUT2D eigenvalue weighted by molar-refractivity contribution is 0.246. The Kier molecular flexibility index (Phi) is 4.75. The Bertz CT molecular complexity index is 409. The van der Waals surface area contributed by atoms with Crippen molar-refractivity contribution in [3.05, 3.63) is 29.0 Å². The van der Waals surface area contributed by atoms with Crippen LogP contribution >= 0.6 is 11.6 Å². The topological polar surface area (TPSA) is 41.1 Å². The maximum Gasteiger partial charge on any atom is 0.319 e. The molecule has 0 saturated heterocycles. The summed E-state index contributed by atoms with van der Waals surface area (Å²) in [6.07, 6.45) is 0. The highest BCUT2D eigenvalue weighted by Gasteiger charge is 2.12. The highest BCUT2D eigenvalue weighted by molar-refractivity contribution is 6.30. The van der Waals surface area contributed by atoms with Crippen LogP contribution in [0.4, 0.5) is 14.9 Å². The van der Waals surface area contributed by atoms with Crippen LogP contribution in [0.2, 0.25) is 5.02 Å². The summed E-state index contributed by atoms with van der Waals surface area (Å²) in [4.78, 5) is 11.5. The van der Waals surface area contributed by atoms with E-state index in [1.54, 1.807) is 0 Å². The van der Waals surface area contributed by atoms with Gasteiger partial charge in [0.15, 0.2) is 0 Å². The zero-order valence-corrected chi connectivity index (χ0v) is 10.8. The molecule has 0 fully saturated rings. The first kappa shape index (κ1) is 13.8. The summed E-state index contributed by atoms with van der Waals surface area (Å²) in [5.74, 6) is -0.235. The molecule has 0 aliphatic rings. The van der Waals surface area contributed by atoms with Gasteiger partial charge in [-0.3, -0.25) is 0 Å². The highest BCUT2D eigenvalue weighted by atomic mass is 35.5. The van der Waals surface area contributed by atoms with E-state index >= 15 is 0 Å². The second kappa shape index (κ2) is 5.87. The molecule has 94 valence electrons. The Morgan fingerprint density at radius 3 is 2.53 bits per heavy atom. The number of urea groups is 1. The summed E-state index contributed by atoms with van der Waals surface area (Å²) < 4.78 is 13.4. The predicted octanol–water partition coefficient (Wildman–Crippen LogP) is 3.65. The second-order valence-corrected chi connectivity index (χ2v) is 4.69. The lowest BCUT2D eigenvalue weighted by Crippen LogP contribution is -2.39. The van der Waals surface area contributed by atoms with Gasteiger partial charge in [0.25, 0.3) is 0 Å². The number of benzene rings is 1. The van der Waals surface area contributed by atoms with Crippen molar-refractivity contribution in [2.45, 2.75) is 26.8 Å². The average molecular weight is 259 g/mol. The molecule has 0 aliphatic carbocycles. The normalized spacial score (nSPS) is 12.4. The van der Waals surface area contributed by atoms with Crippen molar-refractivity contribution >= 4 is 23.3 Å². The Hall–Kier alpha value is -1.29. The molecule has 0 aromatic heterocycles. The fraction of sp³-hybridized carbons (Fsp3) is 0.417. The van der Waals surface area contributed by atoms with Gasteiger partial charge in [0.1, 0.15) is 5.82 Å². The maximum atomic E-state index is 13.4. The van der Waals surface area contributed by atoms with Crippen molar-refractivity contribution in [3.8, 4) is 0 Å². The van der Waals surface area contributed by atoms with Crippen molar-refractivity contribution in [2.75, 3.05) is 5.32 Å². The van der Waals surface area contributed by atoms with E-state index in [1.807, 2.05) is 20.8 Å². The van der Waals surface area contributed by atoms with Crippen molar-refractivity contribution < 1.29 is 9.18 Å². The summed E-state index contributed by atoms with van der Waals surface area (Å²) in [5, 5.41) is 5.45. The minimum Gasteiger partial charge on any atom is -0.335 e. The molecule has 1 aromatic rings. The number of hydrogen-bond acceptors (Lipinski definition) is 1. The quantitative estimate of drug-likeness (QED) is 0.854. The molecule has 2 N–H and O–H groups in total. The van der Waals surface area contributed by atoms with E-state index in [-0.39, 0.29) is 11.7 Å². The molecule has 5 heteroatoms. The van der Waals surface area contributed by atoms with Crippen molar-refractivity contribution in [1.82, 2.24) is 5.32 Å². The molecule has 0 radical (unpaired) electrons. The first-order chi connectivity index (χ1) is 7.90. The zero-order chi connectivity index (χ0) is 13.0. The minimum absolute atomic E-state index is 0.0189. The molecule has 0 bridgehead atoms. The fourth-order valence-corrected chi connectivity index (χ4v) is 1.28. The molecule has 1 atom stereocenters. The average Bonchev–Trinajstić information content (AvgIpc) is 2.22. The van der Waals surface area contributed by atoms with Crippen LogP contribution in [0.15, 0.2) is 18.2 Å². The molecule has 2 amide bonds. The van der Waals surface area contributed by atoms with E-state index in [2.05, 4.69) is 10.6 Å². The highest BCUT2D eigenvalue weighted by Crippen LogP contribution is 2.18. The molecule has 0 spiro atoms. The molecular weight excluding hydrogens is 243 g/mol. The van der Waals surface area contributed by atoms with E-state index in [9.17, 15) is 9.18 Å². The van der Waals surface area contributed by atoms with Gasteiger partial charge in [-0.05, 0) is 31.0 Å². The largest absolute Gasteiger partial charge is 0.335 e. The Balaban J connectivity index is 2.62.